The average Bonchev–Trinajstić information content (AvgIpc) is 3.00. The Kier molecular flexibility index (Phi) is 12.1. The first kappa shape index (κ1) is 32.3. The van der Waals surface area contributed by atoms with Gasteiger partial charge in [-0.1, -0.05) is 58.0 Å². The lowest BCUT2D eigenvalue weighted by atomic mass is 9.99. The Hall–Kier alpha value is -2.57. The van der Waals surface area contributed by atoms with Crippen molar-refractivity contribution in [2.75, 3.05) is 50.7 Å². The molecule has 0 aliphatic carbocycles. The van der Waals surface area contributed by atoms with E-state index in [-0.39, 0.29) is 6.04 Å². The SMILES string of the molecule is CC(C)CCN1CCN(C(C)C)CC1C(=O)N1CCC(N(CCC(C)C)c2ccc(OCc3ccccc3)cc2)CC1. The molecule has 4 rings (SSSR count). The highest BCUT2D eigenvalue weighted by molar-refractivity contribution is 5.82. The Morgan fingerprint density at radius 2 is 1.52 bits per heavy atom. The predicted molar refractivity (Wildman–Crippen MR) is 175 cm³/mol. The summed E-state index contributed by atoms with van der Waals surface area (Å²) in [6.45, 7) is 20.9. The van der Waals surface area contributed by atoms with Gasteiger partial charge in [-0.15, -0.1) is 0 Å². The number of piperidine rings is 1. The third kappa shape index (κ3) is 9.21. The minimum Gasteiger partial charge on any atom is -0.489 e. The summed E-state index contributed by atoms with van der Waals surface area (Å²) in [4.78, 5) is 23.7. The molecule has 42 heavy (non-hydrogen) atoms. The van der Waals surface area contributed by atoms with Gasteiger partial charge in [-0.2, -0.15) is 0 Å². The summed E-state index contributed by atoms with van der Waals surface area (Å²) >= 11 is 0. The summed E-state index contributed by atoms with van der Waals surface area (Å²) in [5.41, 5.74) is 2.43. The first-order chi connectivity index (χ1) is 20.2. The van der Waals surface area contributed by atoms with E-state index in [1.54, 1.807) is 0 Å². The number of hydrogen-bond acceptors (Lipinski definition) is 5. The monoisotopic (exact) mass is 576 g/mol. The number of carbonyl (C=O) groups is 1. The molecule has 0 saturated carbocycles. The molecule has 2 aromatic carbocycles. The number of hydrogen-bond donors (Lipinski definition) is 0. The van der Waals surface area contributed by atoms with Crippen LogP contribution in [0.15, 0.2) is 54.6 Å². The van der Waals surface area contributed by atoms with Gasteiger partial charge in [0.1, 0.15) is 18.4 Å². The van der Waals surface area contributed by atoms with Crippen molar-refractivity contribution >= 4 is 11.6 Å². The van der Waals surface area contributed by atoms with Crippen molar-refractivity contribution in [1.29, 1.82) is 0 Å². The zero-order chi connectivity index (χ0) is 30.1. The van der Waals surface area contributed by atoms with Crippen LogP contribution in [0.4, 0.5) is 5.69 Å². The van der Waals surface area contributed by atoms with Crippen LogP contribution >= 0.6 is 0 Å². The number of piperazine rings is 1. The second-order valence-corrected chi connectivity index (χ2v) is 13.5. The normalized spacial score (nSPS) is 19.2. The van der Waals surface area contributed by atoms with E-state index >= 15 is 0 Å². The van der Waals surface area contributed by atoms with Crippen LogP contribution in [0.1, 0.15) is 72.8 Å². The van der Waals surface area contributed by atoms with Crippen molar-refractivity contribution in [3.8, 4) is 5.75 Å². The zero-order valence-electron chi connectivity index (χ0n) is 27.2. The Morgan fingerprint density at radius 3 is 2.14 bits per heavy atom. The smallest absolute Gasteiger partial charge is 0.241 e. The van der Waals surface area contributed by atoms with Crippen LogP contribution < -0.4 is 9.64 Å². The fourth-order valence-corrected chi connectivity index (χ4v) is 6.24. The molecule has 2 saturated heterocycles. The van der Waals surface area contributed by atoms with E-state index in [2.05, 4.69) is 97.5 Å². The lowest BCUT2D eigenvalue weighted by Crippen LogP contribution is -2.62. The minimum absolute atomic E-state index is 0.0167. The number of anilines is 1. The molecule has 2 heterocycles. The summed E-state index contributed by atoms with van der Waals surface area (Å²) in [5.74, 6) is 2.54. The Balaban J connectivity index is 1.38. The van der Waals surface area contributed by atoms with E-state index in [4.69, 9.17) is 4.74 Å². The molecule has 2 fully saturated rings. The molecule has 232 valence electrons. The van der Waals surface area contributed by atoms with Gasteiger partial charge in [0.2, 0.25) is 5.91 Å². The summed E-state index contributed by atoms with van der Waals surface area (Å²) in [6, 6.07) is 19.9. The molecule has 0 N–H and O–H groups in total. The van der Waals surface area contributed by atoms with Crippen LogP contribution in [0.25, 0.3) is 0 Å². The van der Waals surface area contributed by atoms with Crippen LogP contribution in [-0.4, -0.2) is 84.5 Å². The predicted octanol–water partition coefficient (Wildman–Crippen LogP) is 6.55. The van der Waals surface area contributed by atoms with E-state index in [1.807, 2.05) is 18.2 Å². The Bertz CT molecular complexity index is 1060. The molecule has 0 radical (unpaired) electrons. The number of ether oxygens (including phenoxy) is 1. The average molecular weight is 577 g/mol. The summed E-state index contributed by atoms with van der Waals surface area (Å²) in [7, 11) is 0. The largest absolute Gasteiger partial charge is 0.489 e. The quantitative estimate of drug-likeness (QED) is 0.270. The number of rotatable bonds is 13. The van der Waals surface area contributed by atoms with Crippen molar-refractivity contribution in [3.05, 3.63) is 60.2 Å². The highest BCUT2D eigenvalue weighted by Gasteiger charge is 2.37. The summed E-state index contributed by atoms with van der Waals surface area (Å²) in [6.07, 6.45) is 4.34. The maximum atomic E-state index is 14.0. The Labute approximate surface area is 256 Å². The van der Waals surface area contributed by atoms with Gasteiger partial charge in [0.15, 0.2) is 0 Å². The summed E-state index contributed by atoms with van der Waals surface area (Å²) < 4.78 is 6.06. The zero-order valence-corrected chi connectivity index (χ0v) is 27.2. The first-order valence-electron chi connectivity index (χ1n) is 16.5. The molecule has 2 aliphatic heterocycles. The molecule has 0 bridgehead atoms. The van der Waals surface area contributed by atoms with Crippen molar-refractivity contribution in [2.24, 2.45) is 11.8 Å². The molecular formula is C36H56N4O2. The van der Waals surface area contributed by atoms with Gasteiger partial charge in [0, 0.05) is 57.0 Å². The minimum atomic E-state index is -0.0167. The summed E-state index contributed by atoms with van der Waals surface area (Å²) in [5, 5.41) is 0. The highest BCUT2D eigenvalue weighted by Crippen LogP contribution is 2.28. The van der Waals surface area contributed by atoms with E-state index in [9.17, 15) is 4.79 Å². The van der Waals surface area contributed by atoms with E-state index < -0.39 is 0 Å². The molecule has 1 atom stereocenters. The molecule has 6 heteroatoms. The van der Waals surface area contributed by atoms with Gasteiger partial charge in [0.25, 0.3) is 0 Å². The van der Waals surface area contributed by atoms with Crippen molar-refractivity contribution in [3.63, 3.8) is 0 Å². The topological polar surface area (TPSA) is 39.3 Å². The van der Waals surface area contributed by atoms with Crippen LogP contribution in [0.2, 0.25) is 0 Å². The second kappa shape index (κ2) is 15.8. The van der Waals surface area contributed by atoms with Crippen LogP contribution in [0, 0.1) is 11.8 Å². The van der Waals surface area contributed by atoms with Crippen molar-refractivity contribution in [1.82, 2.24) is 14.7 Å². The third-order valence-corrected chi connectivity index (χ3v) is 9.11. The molecular weight excluding hydrogens is 520 g/mol. The Morgan fingerprint density at radius 1 is 0.857 bits per heavy atom. The van der Waals surface area contributed by atoms with Crippen molar-refractivity contribution < 1.29 is 9.53 Å². The molecule has 0 aromatic heterocycles. The molecule has 0 spiro atoms. The van der Waals surface area contributed by atoms with Gasteiger partial charge < -0.3 is 14.5 Å². The third-order valence-electron chi connectivity index (χ3n) is 9.11. The molecule has 1 unspecified atom stereocenters. The van der Waals surface area contributed by atoms with Gasteiger partial charge in [-0.05, 0) is 87.7 Å². The van der Waals surface area contributed by atoms with Crippen LogP contribution in [0.5, 0.6) is 5.75 Å². The maximum absolute atomic E-state index is 14.0. The van der Waals surface area contributed by atoms with Crippen molar-refractivity contribution in [2.45, 2.75) is 92.0 Å². The van der Waals surface area contributed by atoms with Gasteiger partial charge >= 0.3 is 0 Å². The van der Waals surface area contributed by atoms with E-state index in [0.29, 0.717) is 36.4 Å². The lowest BCUT2D eigenvalue weighted by Gasteiger charge is -2.46. The van der Waals surface area contributed by atoms with Gasteiger partial charge in [-0.3, -0.25) is 14.6 Å². The molecule has 6 nitrogen and oxygen atoms in total. The number of nitrogens with zero attached hydrogens (tertiary/aromatic N) is 4. The van der Waals surface area contributed by atoms with Crippen LogP contribution in [0.3, 0.4) is 0 Å². The molecule has 2 aromatic rings. The number of amides is 1. The van der Waals surface area contributed by atoms with Gasteiger partial charge in [-0.25, -0.2) is 0 Å². The fraction of sp³-hybridized carbons (Fsp3) is 0.639. The van der Waals surface area contributed by atoms with Gasteiger partial charge in [0.05, 0.1) is 0 Å². The maximum Gasteiger partial charge on any atom is 0.241 e. The standard InChI is InChI=1S/C36H56N4O2/c1-28(2)16-20-37-24-25-39(30(5)6)26-35(37)36(41)38-21-18-33(19-22-38)40(23-17-29(3)4)32-12-14-34(15-13-32)42-27-31-10-8-7-9-11-31/h7-15,28-30,33,35H,16-27H2,1-6H3. The van der Waals surface area contributed by atoms with E-state index in [1.165, 1.54) is 11.3 Å². The van der Waals surface area contributed by atoms with Crippen LogP contribution in [-0.2, 0) is 11.4 Å². The number of benzene rings is 2. The molecule has 2 aliphatic rings. The fourth-order valence-electron chi connectivity index (χ4n) is 6.24. The number of likely N-dealkylation sites (tertiary alicyclic amines) is 1. The lowest BCUT2D eigenvalue weighted by molar-refractivity contribution is -0.141. The first-order valence-corrected chi connectivity index (χ1v) is 16.5. The van der Waals surface area contributed by atoms with E-state index in [0.717, 1.165) is 77.2 Å². The molecule has 1 amide bonds. The highest BCUT2D eigenvalue weighted by atomic mass is 16.5. The number of carbonyl (C=O) groups excluding carboxylic acids is 1. The second-order valence-electron chi connectivity index (χ2n) is 13.5.